The Hall–Kier alpha value is -0.160. The van der Waals surface area contributed by atoms with Crippen LogP contribution in [0.15, 0.2) is 0 Å². The van der Waals surface area contributed by atoms with Gasteiger partial charge in [-0.25, -0.2) is 0 Å². The van der Waals surface area contributed by atoms with Gasteiger partial charge in [-0.2, -0.15) is 0 Å². The molecule has 1 fully saturated rings. The van der Waals surface area contributed by atoms with Gasteiger partial charge >= 0.3 is 0 Å². The van der Waals surface area contributed by atoms with E-state index in [1.807, 2.05) is 0 Å². The van der Waals surface area contributed by atoms with Gasteiger partial charge in [0.05, 0.1) is 0 Å². The van der Waals surface area contributed by atoms with E-state index in [-0.39, 0.29) is 6.29 Å². The smallest absolute Gasteiger partial charge is 0.169 e. The molecule has 0 aromatic carbocycles. The molecule has 0 saturated carbocycles. The molecule has 0 aliphatic carbocycles. The minimum Gasteiger partial charge on any atom is -0.355 e. The molecule has 0 spiro atoms. The second-order valence-corrected chi connectivity index (χ2v) is 3.52. The highest BCUT2D eigenvalue weighted by Gasteiger charge is 2.18. The fourth-order valence-electron chi connectivity index (χ4n) is 1.63. The SMILES string of the molecule is COC(CN1CCN[C@H](C)C1)OC. The third-order valence-electron chi connectivity index (χ3n) is 2.39. The van der Waals surface area contributed by atoms with Crippen molar-refractivity contribution in [2.45, 2.75) is 19.3 Å². The van der Waals surface area contributed by atoms with Crippen molar-refractivity contribution in [3.8, 4) is 0 Å². The van der Waals surface area contributed by atoms with Crippen LogP contribution in [0.4, 0.5) is 0 Å². The standard InChI is InChI=1S/C9H20N2O2/c1-8-6-11(5-4-10-8)7-9(12-2)13-3/h8-10H,4-7H2,1-3H3/t8-/m1/s1. The molecule has 0 unspecified atom stereocenters. The van der Waals surface area contributed by atoms with Crippen LogP contribution in [0.5, 0.6) is 0 Å². The summed E-state index contributed by atoms with van der Waals surface area (Å²) in [6.45, 7) is 6.26. The molecule has 0 aromatic rings. The number of piperazine rings is 1. The monoisotopic (exact) mass is 188 g/mol. The Bertz CT molecular complexity index is 140. The first-order chi connectivity index (χ1) is 6.26. The first kappa shape index (κ1) is 10.9. The third-order valence-corrected chi connectivity index (χ3v) is 2.39. The Balaban J connectivity index is 2.26. The molecule has 4 nitrogen and oxygen atoms in total. The van der Waals surface area contributed by atoms with Crippen LogP contribution in [-0.2, 0) is 9.47 Å². The third kappa shape index (κ3) is 3.60. The van der Waals surface area contributed by atoms with E-state index in [4.69, 9.17) is 9.47 Å². The molecule has 1 rings (SSSR count). The Kier molecular flexibility index (Phi) is 4.66. The van der Waals surface area contributed by atoms with Gasteiger partial charge < -0.3 is 14.8 Å². The van der Waals surface area contributed by atoms with Gasteiger partial charge in [0.1, 0.15) is 0 Å². The number of hydrogen-bond donors (Lipinski definition) is 1. The molecule has 1 aliphatic heterocycles. The molecule has 1 N–H and O–H groups in total. The van der Waals surface area contributed by atoms with Crippen LogP contribution in [0.3, 0.4) is 0 Å². The Morgan fingerprint density at radius 3 is 2.69 bits per heavy atom. The molecule has 0 aromatic heterocycles. The fraction of sp³-hybridized carbons (Fsp3) is 1.00. The molecule has 1 heterocycles. The van der Waals surface area contributed by atoms with E-state index < -0.39 is 0 Å². The molecule has 1 aliphatic rings. The highest BCUT2D eigenvalue weighted by Crippen LogP contribution is 2.01. The number of nitrogens with one attached hydrogen (secondary N) is 1. The van der Waals surface area contributed by atoms with Crippen LogP contribution < -0.4 is 5.32 Å². The van der Waals surface area contributed by atoms with E-state index in [1.165, 1.54) is 0 Å². The first-order valence-electron chi connectivity index (χ1n) is 4.77. The van der Waals surface area contributed by atoms with E-state index >= 15 is 0 Å². The molecular weight excluding hydrogens is 168 g/mol. The molecule has 0 radical (unpaired) electrons. The van der Waals surface area contributed by atoms with Gasteiger partial charge in [-0.15, -0.1) is 0 Å². The zero-order valence-electron chi connectivity index (χ0n) is 8.75. The van der Waals surface area contributed by atoms with E-state index in [1.54, 1.807) is 14.2 Å². The first-order valence-corrected chi connectivity index (χ1v) is 4.77. The summed E-state index contributed by atoms with van der Waals surface area (Å²) in [6.07, 6.45) is -0.0923. The van der Waals surface area contributed by atoms with Crippen LogP contribution >= 0.6 is 0 Å². The molecule has 78 valence electrons. The Morgan fingerprint density at radius 1 is 1.46 bits per heavy atom. The van der Waals surface area contributed by atoms with Crippen molar-refractivity contribution in [1.82, 2.24) is 10.2 Å². The number of nitrogens with zero attached hydrogens (tertiary/aromatic N) is 1. The molecule has 4 heteroatoms. The van der Waals surface area contributed by atoms with Gasteiger partial charge in [-0.3, -0.25) is 4.90 Å². The maximum Gasteiger partial charge on any atom is 0.169 e. The molecule has 13 heavy (non-hydrogen) atoms. The number of rotatable bonds is 4. The van der Waals surface area contributed by atoms with Crippen molar-refractivity contribution < 1.29 is 9.47 Å². The second-order valence-electron chi connectivity index (χ2n) is 3.52. The molecule has 1 saturated heterocycles. The summed E-state index contributed by atoms with van der Waals surface area (Å²) in [6, 6.07) is 0.572. The van der Waals surface area contributed by atoms with Crippen LogP contribution in [0.25, 0.3) is 0 Å². The van der Waals surface area contributed by atoms with Crippen molar-refractivity contribution in [1.29, 1.82) is 0 Å². The fourth-order valence-corrected chi connectivity index (χ4v) is 1.63. The predicted molar refractivity (Wildman–Crippen MR) is 51.7 cm³/mol. The van der Waals surface area contributed by atoms with E-state index in [0.717, 1.165) is 26.2 Å². The average Bonchev–Trinajstić information content (AvgIpc) is 2.14. The summed E-state index contributed by atoms with van der Waals surface area (Å²) in [5, 5.41) is 3.40. The zero-order chi connectivity index (χ0) is 9.68. The Morgan fingerprint density at radius 2 is 2.15 bits per heavy atom. The van der Waals surface area contributed by atoms with Gasteiger partial charge in [0.2, 0.25) is 0 Å². The van der Waals surface area contributed by atoms with Gasteiger partial charge in [0, 0.05) is 46.4 Å². The lowest BCUT2D eigenvalue weighted by atomic mass is 10.2. The van der Waals surface area contributed by atoms with Crippen LogP contribution in [0.1, 0.15) is 6.92 Å². The lowest BCUT2D eigenvalue weighted by Crippen LogP contribution is -2.51. The largest absolute Gasteiger partial charge is 0.355 e. The van der Waals surface area contributed by atoms with Crippen LogP contribution in [-0.4, -0.2) is 57.6 Å². The highest BCUT2D eigenvalue weighted by atomic mass is 16.7. The summed E-state index contributed by atoms with van der Waals surface area (Å²) >= 11 is 0. The van der Waals surface area contributed by atoms with Gasteiger partial charge in [0.15, 0.2) is 6.29 Å². The number of ether oxygens (including phenoxy) is 2. The van der Waals surface area contributed by atoms with Crippen molar-refractivity contribution in [3.05, 3.63) is 0 Å². The van der Waals surface area contributed by atoms with Gasteiger partial charge in [0.25, 0.3) is 0 Å². The molecular formula is C9H20N2O2. The van der Waals surface area contributed by atoms with Crippen molar-refractivity contribution in [2.24, 2.45) is 0 Å². The average molecular weight is 188 g/mol. The lowest BCUT2D eigenvalue weighted by Gasteiger charge is -2.33. The van der Waals surface area contributed by atoms with Crippen molar-refractivity contribution in [2.75, 3.05) is 40.4 Å². The van der Waals surface area contributed by atoms with Crippen LogP contribution in [0.2, 0.25) is 0 Å². The van der Waals surface area contributed by atoms with E-state index in [9.17, 15) is 0 Å². The van der Waals surface area contributed by atoms with E-state index in [2.05, 4.69) is 17.1 Å². The Labute approximate surface area is 80.2 Å². The molecule has 0 bridgehead atoms. The van der Waals surface area contributed by atoms with Crippen molar-refractivity contribution in [3.63, 3.8) is 0 Å². The minimum absolute atomic E-state index is 0.0923. The predicted octanol–water partition coefficient (Wildman–Crippen LogP) is -0.101. The normalized spacial score (nSPS) is 25.4. The summed E-state index contributed by atoms with van der Waals surface area (Å²) in [5.74, 6) is 0. The summed E-state index contributed by atoms with van der Waals surface area (Å²) in [7, 11) is 3.36. The van der Waals surface area contributed by atoms with Crippen LogP contribution in [0, 0.1) is 0 Å². The molecule has 0 amide bonds. The number of hydrogen-bond acceptors (Lipinski definition) is 4. The summed E-state index contributed by atoms with van der Waals surface area (Å²) in [5.41, 5.74) is 0. The lowest BCUT2D eigenvalue weighted by molar-refractivity contribution is -0.118. The highest BCUT2D eigenvalue weighted by molar-refractivity contribution is 4.75. The quantitative estimate of drug-likeness (QED) is 0.625. The molecule has 1 atom stereocenters. The maximum absolute atomic E-state index is 5.15. The summed E-state index contributed by atoms with van der Waals surface area (Å²) < 4.78 is 10.3. The topological polar surface area (TPSA) is 33.7 Å². The van der Waals surface area contributed by atoms with Gasteiger partial charge in [-0.05, 0) is 6.92 Å². The zero-order valence-corrected chi connectivity index (χ0v) is 8.75. The number of methoxy groups -OCH3 is 2. The maximum atomic E-state index is 5.15. The van der Waals surface area contributed by atoms with Gasteiger partial charge in [-0.1, -0.05) is 0 Å². The van der Waals surface area contributed by atoms with Crippen molar-refractivity contribution >= 4 is 0 Å². The second kappa shape index (κ2) is 5.54. The van der Waals surface area contributed by atoms with E-state index in [0.29, 0.717) is 6.04 Å². The summed E-state index contributed by atoms with van der Waals surface area (Å²) in [4.78, 5) is 2.36. The minimum atomic E-state index is -0.0923.